The van der Waals surface area contributed by atoms with Crippen molar-refractivity contribution in [2.45, 2.75) is 39.2 Å². The largest absolute Gasteiger partial charge is 0.329 e. The van der Waals surface area contributed by atoms with Crippen molar-refractivity contribution in [3.63, 3.8) is 0 Å². The second-order valence-corrected chi connectivity index (χ2v) is 9.41. The van der Waals surface area contributed by atoms with E-state index in [4.69, 9.17) is 4.98 Å². The summed E-state index contributed by atoms with van der Waals surface area (Å²) < 4.78 is 16.1. The minimum absolute atomic E-state index is 0.130. The van der Waals surface area contributed by atoms with Crippen LogP contribution in [0.2, 0.25) is 0 Å². The zero-order valence-corrected chi connectivity index (χ0v) is 21.3. The third-order valence-electron chi connectivity index (χ3n) is 6.08. The number of carbonyl (C=O) groups excluding carboxylic acids is 1. The minimum atomic E-state index is -0.509. The van der Waals surface area contributed by atoms with E-state index in [9.17, 15) is 14.0 Å². The first-order chi connectivity index (χ1) is 16.9. The van der Waals surface area contributed by atoms with Gasteiger partial charge in [0, 0.05) is 16.6 Å². The van der Waals surface area contributed by atoms with E-state index in [0.29, 0.717) is 34.5 Å². The molecule has 4 rings (SSSR count). The van der Waals surface area contributed by atoms with Gasteiger partial charge in [0.1, 0.15) is 11.6 Å². The monoisotopic (exact) mass is 535 g/mol. The van der Waals surface area contributed by atoms with Crippen molar-refractivity contribution in [1.29, 1.82) is 0 Å². The third-order valence-corrected chi connectivity index (χ3v) is 6.61. The Hall–Kier alpha value is -3.32. The molecule has 0 aliphatic rings. The first-order valence-corrected chi connectivity index (χ1v) is 12.5. The molecule has 0 saturated heterocycles. The Kier molecular flexibility index (Phi) is 7.76. The highest BCUT2D eigenvalue weighted by Gasteiger charge is 2.27. The van der Waals surface area contributed by atoms with Crippen LogP contribution in [0, 0.1) is 5.82 Å². The van der Waals surface area contributed by atoms with Gasteiger partial charge in [-0.05, 0) is 74.0 Å². The lowest BCUT2D eigenvalue weighted by molar-refractivity contribution is 0.0677. The maximum absolute atomic E-state index is 13.7. The van der Waals surface area contributed by atoms with E-state index in [-0.39, 0.29) is 11.5 Å². The third kappa shape index (κ3) is 5.35. The van der Waals surface area contributed by atoms with E-state index >= 15 is 0 Å². The van der Waals surface area contributed by atoms with Crippen LogP contribution in [0.25, 0.3) is 16.6 Å². The number of carbonyl (C=O) groups is 1. The molecule has 0 fully saturated rings. The van der Waals surface area contributed by atoms with Crippen LogP contribution in [0.4, 0.5) is 4.39 Å². The number of aromatic nitrogens is 2. The fourth-order valence-corrected chi connectivity index (χ4v) is 4.44. The molecule has 35 heavy (non-hydrogen) atoms. The van der Waals surface area contributed by atoms with Gasteiger partial charge in [0.2, 0.25) is 0 Å². The summed E-state index contributed by atoms with van der Waals surface area (Å²) in [6.07, 6.45) is 2.83. The van der Waals surface area contributed by atoms with Crippen LogP contribution in [0.1, 0.15) is 55.3 Å². The van der Waals surface area contributed by atoms with Gasteiger partial charge in [0.05, 0.1) is 22.6 Å². The number of rotatable bonds is 8. The highest BCUT2D eigenvalue weighted by molar-refractivity contribution is 9.10. The number of halogens is 2. The summed E-state index contributed by atoms with van der Waals surface area (Å²) in [5.41, 5.74) is 1.37. The number of unbranched alkanes of at least 4 members (excludes halogenated alkanes) is 2. The number of para-hydroxylation sites is 1. The summed E-state index contributed by atoms with van der Waals surface area (Å²) in [7, 11) is 0. The molecule has 0 radical (unpaired) electrons. The fourth-order valence-electron chi connectivity index (χ4n) is 4.17. The summed E-state index contributed by atoms with van der Waals surface area (Å²) in [6, 6.07) is 19.6. The van der Waals surface area contributed by atoms with Gasteiger partial charge < -0.3 is 4.90 Å². The molecule has 5 nitrogen and oxygen atoms in total. The predicted molar refractivity (Wildman–Crippen MR) is 140 cm³/mol. The van der Waals surface area contributed by atoms with Crippen molar-refractivity contribution in [2.24, 2.45) is 0 Å². The zero-order chi connectivity index (χ0) is 24.9. The van der Waals surface area contributed by atoms with Gasteiger partial charge in [-0.15, -0.1) is 0 Å². The van der Waals surface area contributed by atoms with Gasteiger partial charge in [-0.3, -0.25) is 14.2 Å². The average Bonchev–Trinajstić information content (AvgIpc) is 2.87. The van der Waals surface area contributed by atoms with Crippen LogP contribution >= 0.6 is 15.9 Å². The molecule has 1 atom stereocenters. The van der Waals surface area contributed by atoms with Crippen molar-refractivity contribution >= 4 is 32.7 Å². The van der Waals surface area contributed by atoms with Gasteiger partial charge >= 0.3 is 0 Å². The van der Waals surface area contributed by atoms with Crippen molar-refractivity contribution in [3.8, 4) is 5.69 Å². The van der Waals surface area contributed by atoms with Crippen LogP contribution in [0.5, 0.6) is 0 Å². The Labute approximate surface area is 212 Å². The van der Waals surface area contributed by atoms with Gasteiger partial charge in [-0.2, -0.15) is 0 Å². The number of benzene rings is 3. The van der Waals surface area contributed by atoms with E-state index in [0.717, 1.165) is 23.7 Å². The van der Waals surface area contributed by atoms with E-state index in [1.54, 1.807) is 47.4 Å². The van der Waals surface area contributed by atoms with Gasteiger partial charge in [0.25, 0.3) is 11.5 Å². The Bertz CT molecular complexity index is 1380. The number of hydrogen-bond donors (Lipinski definition) is 0. The molecular formula is C28H27BrFN3O2. The number of amides is 1. The molecule has 1 aromatic heterocycles. The molecule has 3 aromatic carbocycles. The second-order valence-electron chi connectivity index (χ2n) is 8.49. The molecule has 1 heterocycles. The molecule has 0 bridgehead atoms. The Morgan fingerprint density at radius 3 is 2.40 bits per heavy atom. The van der Waals surface area contributed by atoms with E-state index in [1.807, 2.05) is 25.1 Å². The summed E-state index contributed by atoms with van der Waals surface area (Å²) in [5, 5.41) is 0.463. The topological polar surface area (TPSA) is 55.2 Å². The maximum Gasteiger partial charge on any atom is 0.266 e. The SMILES string of the molecule is CCCCCN(C(=O)c1ccc(Br)cc1)C(C)c1nc2ccccc2c(=O)n1-c1ccc(F)cc1. The first-order valence-electron chi connectivity index (χ1n) is 11.7. The quantitative estimate of drug-likeness (QED) is 0.236. The smallest absolute Gasteiger partial charge is 0.266 e. The van der Waals surface area contributed by atoms with Gasteiger partial charge in [-0.1, -0.05) is 47.8 Å². The number of hydrogen-bond acceptors (Lipinski definition) is 3. The summed E-state index contributed by atoms with van der Waals surface area (Å²) in [4.78, 5) is 33.9. The van der Waals surface area contributed by atoms with E-state index in [2.05, 4.69) is 22.9 Å². The van der Waals surface area contributed by atoms with Gasteiger partial charge in [-0.25, -0.2) is 9.37 Å². The Morgan fingerprint density at radius 1 is 1.03 bits per heavy atom. The Morgan fingerprint density at radius 2 is 1.71 bits per heavy atom. The van der Waals surface area contributed by atoms with Crippen LogP contribution in [-0.2, 0) is 0 Å². The normalized spacial score (nSPS) is 12.0. The Balaban J connectivity index is 1.87. The van der Waals surface area contributed by atoms with Gasteiger partial charge in [0.15, 0.2) is 0 Å². The van der Waals surface area contributed by atoms with Crippen LogP contribution < -0.4 is 5.56 Å². The summed E-state index contributed by atoms with van der Waals surface area (Å²) >= 11 is 3.42. The standard InChI is InChI=1S/C28H27BrFN3O2/c1-3-4-7-18-32(27(34)20-10-12-21(29)13-11-20)19(2)26-31-25-9-6-5-8-24(25)28(35)33(26)23-16-14-22(30)15-17-23/h5-6,8-17,19H,3-4,7,18H2,1-2H3. The predicted octanol–water partition coefficient (Wildman–Crippen LogP) is 6.68. The van der Waals surface area contributed by atoms with Crippen molar-refractivity contribution in [1.82, 2.24) is 14.5 Å². The molecule has 7 heteroatoms. The van der Waals surface area contributed by atoms with Crippen LogP contribution in [-0.4, -0.2) is 26.9 Å². The van der Waals surface area contributed by atoms with Crippen molar-refractivity contribution in [3.05, 3.63) is 105 Å². The summed E-state index contributed by atoms with van der Waals surface area (Å²) in [6.45, 7) is 4.52. The second kappa shape index (κ2) is 11.0. The molecule has 180 valence electrons. The molecular weight excluding hydrogens is 509 g/mol. The highest BCUT2D eigenvalue weighted by atomic mass is 79.9. The highest BCUT2D eigenvalue weighted by Crippen LogP contribution is 2.26. The molecule has 1 unspecified atom stereocenters. The molecule has 0 saturated carbocycles. The lowest BCUT2D eigenvalue weighted by Gasteiger charge is -2.31. The van der Waals surface area contributed by atoms with Crippen molar-refractivity contribution < 1.29 is 9.18 Å². The molecule has 1 amide bonds. The molecule has 0 spiro atoms. The van der Waals surface area contributed by atoms with Crippen molar-refractivity contribution in [2.75, 3.05) is 6.54 Å². The van der Waals surface area contributed by atoms with Crippen LogP contribution in [0.15, 0.2) is 82.1 Å². The number of nitrogens with zero attached hydrogens (tertiary/aromatic N) is 3. The lowest BCUT2D eigenvalue weighted by Crippen LogP contribution is -2.38. The molecule has 0 aliphatic heterocycles. The first kappa shape index (κ1) is 24.8. The number of fused-ring (bicyclic) bond motifs is 1. The summed E-state index contributed by atoms with van der Waals surface area (Å²) in [5.74, 6) is -0.0896. The minimum Gasteiger partial charge on any atom is -0.329 e. The van der Waals surface area contributed by atoms with Crippen LogP contribution in [0.3, 0.4) is 0 Å². The van der Waals surface area contributed by atoms with E-state index < -0.39 is 11.9 Å². The fraction of sp³-hybridized carbons (Fsp3) is 0.250. The maximum atomic E-state index is 13.7. The zero-order valence-electron chi connectivity index (χ0n) is 19.7. The lowest BCUT2D eigenvalue weighted by atomic mass is 10.1. The molecule has 0 N–H and O–H groups in total. The van der Waals surface area contributed by atoms with E-state index in [1.165, 1.54) is 16.7 Å². The molecule has 4 aromatic rings. The average molecular weight is 536 g/mol. The molecule has 0 aliphatic carbocycles.